The molecule has 5 rings (SSSR count). The summed E-state index contributed by atoms with van der Waals surface area (Å²) in [5.41, 5.74) is 3.69. The van der Waals surface area contributed by atoms with Crippen molar-refractivity contribution in [2.24, 2.45) is 4.99 Å². The molecule has 0 fully saturated rings. The maximum Gasteiger partial charge on any atom is 0.317 e. The van der Waals surface area contributed by atoms with Gasteiger partial charge in [-0.1, -0.05) is 53.6 Å². The lowest BCUT2D eigenvalue weighted by Gasteiger charge is -2.11. The topological polar surface area (TPSA) is 115 Å². The van der Waals surface area contributed by atoms with Crippen LogP contribution in [0.1, 0.15) is 11.1 Å². The van der Waals surface area contributed by atoms with Crippen LogP contribution in [0.15, 0.2) is 82.3 Å². The van der Waals surface area contributed by atoms with Crippen LogP contribution in [0, 0.1) is 0 Å². The largest absolute Gasteiger partial charge is 0.481 e. The highest BCUT2D eigenvalue weighted by molar-refractivity contribution is 6.19. The molecule has 1 unspecified atom stereocenters. The fourth-order valence-electron chi connectivity index (χ4n) is 3.32. The van der Waals surface area contributed by atoms with Crippen LogP contribution in [0.4, 0.5) is 11.7 Å². The molecule has 32 heavy (non-hydrogen) atoms. The zero-order valence-corrected chi connectivity index (χ0v) is 17.0. The Balaban J connectivity index is 1.47. The van der Waals surface area contributed by atoms with Crippen molar-refractivity contribution in [1.29, 1.82) is 0 Å². The van der Waals surface area contributed by atoms with Crippen molar-refractivity contribution in [2.75, 3.05) is 17.7 Å². The highest BCUT2D eigenvalue weighted by atomic mass is 16.5. The molecule has 158 valence electrons. The number of rotatable bonds is 5. The third-order valence-corrected chi connectivity index (χ3v) is 4.87. The first-order valence-corrected chi connectivity index (χ1v) is 9.85. The van der Waals surface area contributed by atoms with Gasteiger partial charge in [0.25, 0.3) is 11.8 Å². The molecule has 2 N–H and O–H groups in total. The molecule has 9 nitrogen and oxygen atoms in total. The van der Waals surface area contributed by atoms with E-state index < -0.39 is 6.17 Å². The lowest BCUT2D eigenvalue weighted by atomic mass is 10.0. The number of amides is 1. The summed E-state index contributed by atoms with van der Waals surface area (Å²) in [5, 5.41) is 13.9. The van der Waals surface area contributed by atoms with Gasteiger partial charge in [-0.25, -0.2) is 9.98 Å². The summed E-state index contributed by atoms with van der Waals surface area (Å²) in [5.74, 6) is 0.394. The molecule has 1 amide bonds. The molecule has 3 heterocycles. The number of carbonyl (C=O) groups is 1. The van der Waals surface area contributed by atoms with Crippen molar-refractivity contribution in [3.63, 3.8) is 0 Å². The van der Waals surface area contributed by atoms with Gasteiger partial charge >= 0.3 is 6.01 Å². The standard InChI is InChI=1S/C23H18N6O3/c1-31-18-12-11-15(13-24-18)22-28-29-23(32-22)27-20-21(30)25-17-10-6-5-9-16(17)19(26-20)14-7-3-2-4-8-14/h2-13,20H,1H3,(H,25,30)(H,27,29). The van der Waals surface area contributed by atoms with E-state index in [2.05, 4.69) is 25.8 Å². The molecule has 0 saturated carbocycles. The Kier molecular flexibility index (Phi) is 5.04. The lowest BCUT2D eigenvalue weighted by Crippen LogP contribution is -2.32. The second-order valence-electron chi connectivity index (χ2n) is 6.93. The van der Waals surface area contributed by atoms with Crippen molar-refractivity contribution in [3.05, 3.63) is 84.1 Å². The average molecular weight is 426 g/mol. The lowest BCUT2D eigenvalue weighted by molar-refractivity contribution is -0.116. The molecule has 1 aliphatic rings. The number of fused-ring (bicyclic) bond motifs is 1. The van der Waals surface area contributed by atoms with Gasteiger partial charge in [0.05, 0.1) is 24.1 Å². The quantitative estimate of drug-likeness (QED) is 0.503. The number of pyridine rings is 1. The summed E-state index contributed by atoms with van der Waals surface area (Å²) < 4.78 is 10.7. The van der Waals surface area contributed by atoms with Gasteiger partial charge < -0.3 is 19.8 Å². The van der Waals surface area contributed by atoms with Crippen LogP contribution in [0.2, 0.25) is 0 Å². The number of nitrogens with zero attached hydrogens (tertiary/aromatic N) is 4. The maximum absolute atomic E-state index is 12.9. The number of hydrogen-bond acceptors (Lipinski definition) is 8. The van der Waals surface area contributed by atoms with Gasteiger partial charge in [-0.15, -0.1) is 5.10 Å². The number of ether oxygens (including phenoxy) is 1. The molecule has 0 aliphatic carbocycles. The van der Waals surface area contributed by atoms with E-state index in [-0.39, 0.29) is 17.8 Å². The molecule has 0 bridgehead atoms. The number of benzodiazepines with no additional fused rings is 1. The average Bonchev–Trinajstić information content (AvgIpc) is 3.26. The normalized spacial score (nSPS) is 15.2. The molecular formula is C23H18N6O3. The van der Waals surface area contributed by atoms with Gasteiger partial charge in [-0.05, 0) is 12.1 Å². The third-order valence-electron chi connectivity index (χ3n) is 4.87. The fraction of sp³-hybridized carbons (Fsp3) is 0.0870. The Morgan fingerprint density at radius 2 is 1.78 bits per heavy atom. The molecule has 0 radical (unpaired) electrons. The number of nitrogens with one attached hydrogen (secondary N) is 2. The summed E-state index contributed by atoms with van der Waals surface area (Å²) >= 11 is 0. The molecular weight excluding hydrogens is 408 g/mol. The first-order chi connectivity index (χ1) is 15.7. The number of methoxy groups -OCH3 is 1. The monoisotopic (exact) mass is 426 g/mol. The van der Waals surface area contributed by atoms with Crippen LogP contribution >= 0.6 is 0 Å². The maximum atomic E-state index is 12.9. The molecule has 0 saturated heterocycles. The van der Waals surface area contributed by atoms with Crippen molar-refractivity contribution in [2.45, 2.75) is 6.17 Å². The number of aromatic nitrogens is 3. The Bertz CT molecular complexity index is 1280. The minimum atomic E-state index is -0.972. The Hall–Kier alpha value is -4.53. The first-order valence-electron chi connectivity index (χ1n) is 9.85. The number of hydrogen-bond donors (Lipinski definition) is 2. The third kappa shape index (κ3) is 3.79. The van der Waals surface area contributed by atoms with Gasteiger partial charge in [0, 0.05) is 23.4 Å². The van der Waals surface area contributed by atoms with Gasteiger partial charge in [0.2, 0.25) is 12.0 Å². The fourth-order valence-corrected chi connectivity index (χ4v) is 3.32. The Morgan fingerprint density at radius 3 is 2.56 bits per heavy atom. The zero-order valence-electron chi connectivity index (χ0n) is 17.0. The summed E-state index contributed by atoms with van der Waals surface area (Å²) in [7, 11) is 1.54. The molecule has 1 aliphatic heterocycles. The second-order valence-corrected chi connectivity index (χ2v) is 6.93. The first kappa shape index (κ1) is 19.4. The van der Waals surface area contributed by atoms with Gasteiger partial charge in [-0.2, -0.15) is 0 Å². The van der Waals surface area contributed by atoms with Gasteiger partial charge in [0.1, 0.15) is 0 Å². The van der Waals surface area contributed by atoms with Crippen molar-refractivity contribution in [1.82, 2.24) is 15.2 Å². The minimum absolute atomic E-state index is 0.0677. The van der Waals surface area contributed by atoms with Crippen molar-refractivity contribution in [3.8, 4) is 17.3 Å². The minimum Gasteiger partial charge on any atom is -0.481 e. The van der Waals surface area contributed by atoms with E-state index in [0.29, 0.717) is 22.8 Å². The van der Waals surface area contributed by atoms with E-state index in [1.165, 1.54) is 7.11 Å². The molecule has 4 aromatic rings. The van der Waals surface area contributed by atoms with Gasteiger partial charge in [0.15, 0.2) is 0 Å². The number of anilines is 2. The van der Waals surface area contributed by atoms with Crippen LogP contribution in [0.5, 0.6) is 5.88 Å². The van der Waals surface area contributed by atoms with Crippen LogP contribution < -0.4 is 15.4 Å². The number of carbonyl (C=O) groups excluding carboxylic acids is 1. The number of para-hydroxylation sites is 1. The van der Waals surface area contributed by atoms with E-state index in [1.807, 2.05) is 54.6 Å². The molecule has 1 atom stereocenters. The predicted octanol–water partition coefficient (Wildman–Crippen LogP) is 3.37. The molecule has 0 spiro atoms. The summed E-state index contributed by atoms with van der Waals surface area (Å²) in [6.07, 6.45) is 0.594. The van der Waals surface area contributed by atoms with Crippen molar-refractivity contribution < 1.29 is 13.9 Å². The Morgan fingerprint density at radius 1 is 0.969 bits per heavy atom. The van der Waals surface area contributed by atoms with E-state index in [1.54, 1.807) is 18.3 Å². The van der Waals surface area contributed by atoms with Gasteiger partial charge in [-0.3, -0.25) is 4.79 Å². The zero-order chi connectivity index (χ0) is 21.9. The van der Waals surface area contributed by atoms with Crippen LogP contribution in [-0.2, 0) is 4.79 Å². The van der Waals surface area contributed by atoms with E-state index in [4.69, 9.17) is 14.1 Å². The highest BCUT2D eigenvalue weighted by Crippen LogP contribution is 2.25. The van der Waals surface area contributed by atoms with Crippen LogP contribution in [0.25, 0.3) is 11.5 Å². The molecule has 9 heteroatoms. The smallest absolute Gasteiger partial charge is 0.317 e. The van der Waals surface area contributed by atoms with Crippen LogP contribution in [-0.4, -0.2) is 40.1 Å². The predicted molar refractivity (Wildman–Crippen MR) is 119 cm³/mol. The van der Waals surface area contributed by atoms with E-state index in [9.17, 15) is 4.79 Å². The summed E-state index contributed by atoms with van der Waals surface area (Å²) in [4.78, 5) is 21.7. The van der Waals surface area contributed by atoms with E-state index >= 15 is 0 Å². The number of benzene rings is 2. The number of aliphatic imine (C=N–C) groups is 1. The second kappa shape index (κ2) is 8.31. The highest BCUT2D eigenvalue weighted by Gasteiger charge is 2.27. The van der Waals surface area contributed by atoms with E-state index in [0.717, 1.165) is 11.1 Å². The summed E-state index contributed by atoms with van der Waals surface area (Å²) in [6, 6.07) is 20.7. The van der Waals surface area contributed by atoms with Crippen LogP contribution in [0.3, 0.4) is 0 Å². The van der Waals surface area contributed by atoms with Crippen molar-refractivity contribution >= 4 is 23.3 Å². The molecule has 2 aromatic carbocycles. The summed E-state index contributed by atoms with van der Waals surface area (Å²) in [6.45, 7) is 0. The Labute approximate surface area is 183 Å². The SMILES string of the molecule is COc1ccc(-c2nnc(NC3N=C(c4ccccc4)c4ccccc4NC3=O)o2)cn1. The molecule has 2 aromatic heterocycles.